The first-order valence-corrected chi connectivity index (χ1v) is 9.57. The summed E-state index contributed by atoms with van der Waals surface area (Å²) in [5, 5.41) is 12.3. The molecule has 0 radical (unpaired) electrons. The zero-order valence-electron chi connectivity index (χ0n) is 14.8. The van der Waals surface area contributed by atoms with E-state index >= 15 is 0 Å². The second-order valence-corrected chi connectivity index (χ2v) is 8.97. The van der Waals surface area contributed by atoms with Crippen molar-refractivity contribution in [2.24, 2.45) is 0 Å². The van der Waals surface area contributed by atoms with E-state index in [-0.39, 0.29) is 11.4 Å². The van der Waals surface area contributed by atoms with Crippen LogP contribution < -0.4 is 5.32 Å². The molecule has 0 saturated carbocycles. The molecule has 0 aliphatic heterocycles. The molecule has 1 amide bonds. The number of nitrogens with zero attached hydrogens (tertiary/aromatic N) is 3. The number of carbonyl (C=O) groups excluding carboxylic acids is 1. The van der Waals surface area contributed by atoms with Gasteiger partial charge in [0.25, 0.3) is 0 Å². The van der Waals surface area contributed by atoms with Crippen molar-refractivity contribution < 1.29 is 4.79 Å². The number of hydrogen-bond acceptors (Lipinski definition) is 6. The van der Waals surface area contributed by atoms with Gasteiger partial charge in [-0.2, -0.15) is 0 Å². The van der Waals surface area contributed by atoms with E-state index in [1.54, 1.807) is 4.90 Å². The van der Waals surface area contributed by atoms with Crippen LogP contribution in [-0.2, 0) is 11.3 Å². The summed E-state index contributed by atoms with van der Waals surface area (Å²) < 4.78 is 0.804. The number of amides is 1. The molecule has 0 fully saturated rings. The molecule has 0 bridgehead atoms. The number of hydrogen-bond donors (Lipinski definition) is 1. The highest BCUT2D eigenvalue weighted by atomic mass is 32.2. The first-order chi connectivity index (χ1) is 11.2. The number of benzene rings is 1. The maximum absolute atomic E-state index is 12.3. The molecule has 2 aromatic rings. The van der Waals surface area contributed by atoms with Gasteiger partial charge >= 0.3 is 0 Å². The molecular weight excluding hydrogens is 340 g/mol. The maximum Gasteiger partial charge on any atom is 0.233 e. The van der Waals surface area contributed by atoms with Gasteiger partial charge in [0.05, 0.1) is 5.75 Å². The van der Waals surface area contributed by atoms with Gasteiger partial charge in [-0.05, 0) is 33.3 Å². The van der Waals surface area contributed by atoms with Crippen molar-refractivity contribution in [2.45, 2.75) is 44.1 Å². The molecule has 1 heterocycles. The summed E-state index contributed by atoms with van der Waals surface area (Å²) >= 11 is 2.91. The second-order valence-electron chi connectivity index (χ2n) is 6.77. The molecule has 1 aromatic carbocycles. The van der Waals surface area contributed by atoms with Crippen LogP contribution >= 0.6 is 23.1 Å². The summed E-state index contributed by atoms with van der Waals surface area (Å²) in [5.74, 6) is 0.452. The van der Waals surface area contributed by atoms with E-state index in [4.69, 9.17) is 0 Å². The predicted octanol–water partition coefficient (Wildman–Crippen LogP) is 3.81. The molecule has 0 atom stereocenters. The van der Waals surface area contributed by atoms with Gasteiger partial charge in [-0.1, -0.05) is 52.9 Å². The van der Waals surface area contributed by atoms with Crippen LogP contribution in [-0.4, -0.2) is 39.3 Å². The summed E-state index contributed by atoms with van der Waals surface area (Å²) in [5.41, 5.74) is 2.30. The molecule has 0 spiro atoms. The van der Waals surface area contributed by atoms with Gasteiger partial charge in [-0.3, -0.25) is 4.79 Å². The standard InChI is InChI=1S/C17H24N4OS2/c1-12-6-8-13(9-7-12)10-21(5)14(22)11-23-16-20-19-15(24-16)18-17(2,3)4/h6-9H,10-11H2,1-5H3,(H,18,19). The average molecular weight is 365 g/mol. The number of aryl methyl sites for hydroxylation is 1. The highest BCUT2D eigenvalue weighted by Crippen LogP contribution is 2.27. The van der Waals surface area contributed by atoms with Gasteiger partial charge in [0.15, 0.2) is 4.34 Å². The van der Waals surface area contributed by atoms with E-state index in [0.717, 1.165) is 15.0 Å². The van der Waals surface area contributed by atoms with Gasteiger partial charge in [0, 0.05) is 19.1 Å². The van der Waals surface area contributed by atoms with E-state index in [1.807, 2.05) is 7.05 Å². The van der Waals surface area contributed by atoms with Crippen LogP contribution in [0.3, 0.4) is 0 Å². The van der Waals surface area contributed by atoms with Crippen LogP contribution in [0.5, 0.6) is 0 Å². The molecule has 2 rings (SSSR count). The maximum atomic E-state index is 12.3. The first-order valence-electron chi connectivity index (χ1n) is 7.77. The van der Waals surface area contributed by atoms with Crippen molar-refractivity contribution in [3.8, 4) is 0 Å². The lowest BCUT2D eigenvalue weighted by atomic mass is 10.1. The van der Waals surface area contributed by atoms with Crippen molar-refractivity contribution in [3.05, 3.63) is 35.4 Å². The van der Waals surface area contributed by atoms with Crippen molar-refractivity contribution >= 4 is 34.1 Å². The number of aromatic nitrogens is 2. The topological polar surface area (TPSA) is 58.1 Å². The minimum Gasteiger partial charge on any atom is -0.355 e. The summed E-state index contributed by atoms with van der Waals surface area (Å²) in [6, 6.07) is 8.24. The van der Waals surface area contributed by atoms with E-state index in [0.29, 0.717) is 12.3 Å². The molecule has 0 aliphatic carbocycles. The van der Waals surface area contributed by atoms with Crippen LogP contribution in [0.2, 0.25) is 0 Å². The van der Waals surface area contributed by atoms with E-state index < -0.39 is 0 Å². The van der Waals surface area contributed by atoms with Crippen LogP contribution in [0.4, 0.5) is 5.13 Å². The summed E-state index contributed by atoms with van der Waals surface area (Å²) in [6.45, 7) is 8.90. The van der Waals surface area contributed by atoms with E-state index in [9.17, 15) is 4.79 Å². The fourth-order valence-corrected chi connectivity index (χ4v) is 3.83. The molecule has 1 aromatic heterocycles. The number of thioether (sulfide) groups is 1. The lowest BCUT2D eigenvalue weighted by Crippen LogP contribution is -2.27. The van der Waals surface area contributed by atoms with Crippen LogP contribution in [0.1, 0.15) is 31.9 Å². The lowest BCUT2D eigenvalue weighted by molar-refractivity contribution is -0.127. The molecule has 0 aliphatic rings. The fourth-order valence-electron chi connectivity index (χ4n) is 1.93. The minimum absolute atomic E-state index is 0.0501. The number of anilines is 1. The Balaban J connectivity index is 1.83. The Morgan fingerprint density at radius 3 is 2.54 bits per heavy atom. The van der Waals surface area contributed by atoms with E-state index in [1.165, 1.54) is 28.7 Å². The molecule has 5 nitrogen and oxygen atoms in total. The normalized spacial score (nSPS) is 11.4. The summed E-state index contributed by atoms with van der Waals surface area (Å²) in [6.07, 6.45) is 0. The summed E-state index contributed by atoms with van der Waals surface area (Å²) in [7, 11) is 1.83. The van der Waals surface area contributed by atoms with Crippen molar-refractivity contribution in [3.63, 3.8) is 0 Å². The van der Waals surface area contributed by atoms with Gasteiger partial charge in [0.1, 0.15) is 0 Å². The smallest absolute Gasteiger partial charge is 0.233 e. The molecule has 24 heavy (non-hydrogen) atoms. The highest BCUT2D eigenvalue weighted by Gasteiger charge is 2.15. The molecule has 130 valence electrons. The Hall–Kier alpha value is -1.60. The van der Waals surface area contributed by atoms with Gasteiger partial charge in [0.2, 0.25) is 11.0 Å². The van der Waals surface area contributed by atoms with Crippen LogP contribution in [0.25, 0.3) is 0 Å². The van der Waals surface area contributed by atoms with Crippen LogP contribution in [0.15, 0.2) is 28.6 Å². The molecular formula is C17H24N4OS2. The zero-order chi connectivity index (χ0) is 17.7. The first kappa shape index (κ1) is 18.7. The van der Waals surface area contributed by atoms with Gasteiger partial charge in [-0.25, -0.2) is 0 Å². The average Bonchev–Trinajstić information content (AvgIpc) is 2.92. The summed E-state index contributed by atoms with van der Waals surface area (Å²) in [4.78, 5) is 14.0. The predicted molar refractivity (Wildman–Crippen MR) is 102 cm³/mol. The number of nitrogens with one attached hydrogen (secondary N) is 1. The largest absolute Gasteiger partial charge is 0.355 e. The Morgan fingerprint density at radius 1 is 1.25 bits per heavy atom. The zero-order valence-corrected chi connectivity index (χ0v) is 16.4. The lowest BCUT2D eigenvalue weighted by Gasteiger charge is -2.18. The Morgan fingerprint density at radius 2 is 1.92 bits per heavy atom. The SMILES string of the molecule is Cc1ccc(CN(C)C(=O)CSc2nnc(NC(C)(C)C)s2)cc1. The van der Waals surface area contributed by atoms with Crippen molar-refractivity contribution in [2.75, 3.05) is 18.1 Å². The van der Waals surface area contributed by atoms with Gasteiger partial charge in [-0.15, -0.1) is 10.2 Å². The Kier molecular flexibility index (Phi) is 6.23. The fraction of sp³-hybridized carbons (Fsp3) is 0.471. The Bertz CT molecular complexity index is 677. The number of carbonyl (C=O) groups is 1. The van der Waals surface area contributed by atoms with Gasteiger partial charge < -0.3 is 10.2 Å². The van der Waals surface area contributed by atoms with Crippen molar-refractivity contribution in [1.82, 2.24) is 15.1 Å². The van der Waals surface area contributed by atoms with Crippen molar-refractivity contribution in [1.29, 1.82) is 0 Å². The van der Waals surface area contributed by atoms with Crippen LogP contribution in [0, 0.1) is 6.92 Å². The molecule has 7 heteroatoms. The third-order valence-electron chi connectivity index (χ3n) is 3.17. The third kappa shape index (κ3) is 6.13. The molecule has 0 saturated heterocycles. The van der Waals surface area contributed by atoms with E-state index in [2.05, 4.69) is 67.5 Å². The quantitative estimate of drug-likeness (QED) is 0.790. The minimum atomic E-state index is -0.0501. The molecule has 0 unspecified atom stereocenters. The highest BCUT2D eigenvalue weighted by molar-refractivity contribution is 8.01. The molecule has 1 N–H and O–H groups in total. The third-order valence-corrected chi connectivity index (χ3v) is 5.13. The monoisotopic (exact) mass is 364 g/mol. The Labute approximate surface area is 151 Å². The number of rotatable bonds is 6. The second kappa shape index (κ2) is 7.98.